The summed E-state index contributed by atoms with van der Waals surface area (Å²) in [7, 11) is -3.53. The van der Waals surface area contributed by atoms with Crippen LogP contribution in [0.4, 0.5) is 5.69 Å². The lowest BCUT2D eigenvalue weighted by atomic mass is 10.2. The van der Waals surface area contributed by atoms with Gasteiger partial charge in [0.05, 0.1) is 24.6 Å². The summed E-state index contributed by atoms with van der Waals surface area (Å²) in [6.45, 7) is 4.10. The van der Waals surface area contributed by atoms with E-state index >= 15 is 0 Å². The number of benzene rings is 2. The maximum absolute atomic E-state index is 12.6. The zero-order valence-corrected chi connectivity index (χ0v) is 16.9. The summed E-state index contributed by atoms with van der Waals surface area (Å²) in [5, 5.41) is 2.81. The van der Waals surface area contributed by atoms with Crippen LogP contribution in [-0.2, 0) is 21.4 Å². The van der Waals surface area contributed by atoms with E-state index < -0.39 is 16.1 Å². The number of ether oxygens (including phenoxy) is 2. The van der Waals surface area contributed by atoms with Crippen LogP contribution in [0, 0.1) is 0 Å². The molecule has 1 amide bonds. The predicted octanol–water partition coefficient (Wildman–Crippen LogP) is 2.32. The molecule has 1 aliphatic heterocycles. The average molecular weight is 404 g/mol. The molecule has 28 heavy (non-hydrogen) atoms. The van der Waals surface area contributed by atoms with Gasteiger partial charge in [0.15, 0.2) is 6.10 Å². The van der Waals surface area contributed by atoms with Crippen LogP contribution < -0.4 is 19.1 Å². The summed E-state index contributed by atoms with van der Waals surface area (Å²) in [6, 6.07) is 14.2. The van der Waals surface area contributed by atoms with Gasteiger partial charge in [-0.3, -0.25) is 9.10 Å². The van der Waals surface area contributed by atoms with Crippen LogP contribution in [0.1, 0.15) is 19.4 Å². The van der Waals surface area contributed by atoms with E-state index in [2.05, 4.69) is 5.32 Å². The molecule has 1 N–H and O–H groups in total. The van der Waals surface area contributed by atoms with Crippen LogP contribution in [0.5, 0.6) is 11.5 Å². The van der Waals surface area contributed by atoms with Crippen molar-refractivity contribution in [3.8, 4) is 11.5 Å². The number of rotatable bonds is 6. The number of carbonyl (C=O) groups excluding carboxylic acids is 1. The van der Waals surface area contributed by atoms with Gasteiger partial charge in [-0.15, -0.1) is 0 Å². The monoisotopic (exact) mass is 404 g/mol. The van der Waals surface area contributed by atoms with Gasteiger partial charge in [0.25, 0.3) is 5.91 Å². The summed E-state index contributed by atoms with van der Waals surface area (Å²) in [4.78, 5) is 12.6. The lowest BCUT2D eigenvalue weighted by Gasteiger charge is -2.33. The molecule has 0 aromatic heterocycles. The van der Waals surface area contributed by atoms with Crippen molar-refractivity contribution in [2.24, 2.45) is 0 Å². The number of nitrogens with zero attached hydrogens (tertiary/aromatic N) is 1. The highest BCUT2D eigenvalue weighted by molar-refractivity contribution is 7.92. The lowest BCUT2D eigenvalue weighted by molar-refractivity contribution is -0.127. The largest absolute Gasteiger partial charge is 0.491 e. The Hall–Kier alpha value is -2.74. The highest BCUT2D eigenvalue weighted by Gasteiger charge is 2.34. The van der Waals surface area contributed by atoms with Gasteiger partial charge < -0.3 is 14.8 Å². The molecule has 1 aliphatic rings. The first kappa shape index (κ1) is 20.0. The van der Waals surface area contributed by atoms with E-state index in [1.165, 1.54) is 4.31 Å². The third kappa shape index (κ3) is 4.75. The van der Waals surface area contributed by atoms with Gasteiger partial charge in [-0.2, -0.15) is 0 Å². The number of hydrogen-bond donors (Lipinski definition) is 1. The molecular formula is C20H24N2O5S. The second-order valence-electron chi connectivity index (χ2n) is 6.90. The Morgan fingerprint density at radius 2 is 2.00 bits per heavy atom. The molecule has 0 saturated carbocycles. The zero-order chi connectivity index (χ0) is 20.3. The molecule has 8 heteroatoms. The molecular weight excluding hydrogens is 380 g/mol. The van der Waals surface area contributed by atoms with Crippen LogP contribution in [0.2, 0.25) is 0 Å². The van der Waals surface area contributed by atoms with Gasteiger partial charge in [-0.1, -0.05) is 24.3 Å². The summed E-state index contributed by atoms with van der Waals surface area (Å²) in [6.07, 6.45) is 0.242. The summed E-state index contributed by atoms with van der Waals surface area (Å²) in [5.41, 5.74) is 1.32. The molecule has 2 aromatic rings. The SMILES string of the molecule is CC(C)Oc1cccc(CNC(=O)C2CN(S(C)(=O)=O)c3ccccc3O2)c1. The second-order valence-corrected chi connectivity index (χ2v) is 8.81. The first-order valence-corrected chi connectivity index (χ1v) is 10.9. The minimum Gasteiger partial charge on any atom is -0.491 e. The Kier molecular flexibility index (Phi) is 5.79. The number of anilines is 1. The minimum absolute atomic E-state index is 0.0579. The fourth-order valence-corrected chi connectivity index (χ4v) is 3.87. The van der Waals surface area contributed by atoms with Crippen molar-refractivity contribution in [1.29, 1.82) is 0 Å². The fourth-order valence-electron chi connectivity index (χ4n) is 2.96. The molecule has 0 radical (unpaired) electrons. The van der Waals surface area contributed by atoms with Gasteiger partial charge >= 0.3 is 0 Å². The van der Waals surface area contributed by atoms with E-state index in [-0.39, 0.29) is 25.1 Å². The van der Waals surface area contributed by atoms with Gasteiger partial charge in [0.2, 0.25) is 10.0 Å². The Morgan fingerprint density at radius 1 is 1.25 bits per heavy atom. The maximum atomic E-state index is 12.6. The molecule has 7 nitrogen and oxygen atoms in total. The van der Waals surface area contributed by atoms with Gasteiger partial charge in [0.1, 0.15) is 11.5 Å². The lowest BCUT2D eigenvalue weighted by Crippen LogP contribution is -2.50. The molecule has 1 atom stereocenters. The summed E-state index contributed by atoms with van der Waals surface area (Å²) < 4.78 is 36.9. The predicted molar refractivity (Wildman–Crippen MR) is 107 cm³/mol. The topological polar surface area (TPSA) is 84.9 Å². The Morgan fingerprint density at radius 3 is 2.71 bits per heavy atom. The summed E-state index contributed by atoms with van der Waals surface area (Å²) >= 11 is 0. The number of para-hydroxylation sites is 2. The standard InChI is InChI=1S/C20H24N2O5S/c1-14(2)26-16-8-6-7-15(11-16)12-21-20(23)19-13-22(28(3,24)25)17-9-4-5-10-18(17)27-19/h4-11,14,19H,12-13H2,1-3H3,(H,21,23). The third-order valence-corrected chi connectivity index (χ3v) is 5.31. The molecule has 0 aliphatic carbocycles. The van der Waals surface area contributed by atoms with Crippen LogP contribution in [0.15, 0.2) is 48.5 Å². The Labute approximate surface area is 165 Å². The third-order valence-electron chi connectivity index (χ3n) is 4.16. The maximum Gasteiger partial charge on any atom is 0.263 e. The van der Waals surface area contributed by atoms with Gasteiger partial charge in [-0.05, 0) is 43.7 Å². The van der Waals surface area contributed by atoms with E-state index in [1.54, 1.807) is 24.3 Å². The first-order valence-electron chi connectivity index (χ1n) is 9.01. The van der Waals surface area contributed by atoms with Gasteiger partial charge in [0, 0.05) is 6.54 Å². The fraction of sp³-hybridized carbons (Fsp3) is 0.350. The average Bonchev–Trinajstić information content (AvgIpc) is 2.64. The number of carbonyl (C=O) groups is 1. The normalized spacial score (nSPS) is 16.3. The van der Waals surface area contributed by atoms with E-state index in [1.807, 2.05) is 38.1 Å². The molecule has 0 spiro atoms. The molecule has 150 valence electrons. The van der Waals surface area contributed by atoms with Crippen molar-refractivity contribution in [1.82, 2.24) is 5.32 Å². The van der Waals surface area contributed by atoms with Crippen molar-refractivity contribution in [3.63, 3.8) is 0 Å². The number of amides is 1. The number of nitrogens with one attached hydrogen (secondary N) is 1. The van der Waals surface area contributed by atoms with Gasteiger partial charge in [-0.25, -0.2) is 8.42 Å². The van der Waals surface area contributed by atoms with E-state index in [9.17, 15) is 13.2 Å². The van der Waals surface area contributed by atoms with Crippen LogP contribution in [0.25, 0.3) is 0 Å². The quantitative estimate of drug-likeness (QED) is 0.799. The van der Waals surface area contributed by atoms with E-state index in [4.69, 9.17) is 9.47 Å². The number of sulfonamides is 1. The Balaban J connectivity index is 1.70. The van der Waals surface area contributed by atoms with E-state index in [0.717, 1.165) is 17.6 Å². The zero-order valence-electron chi connectivity index (χ0n) is 16.1. The highest BCUT2D eigenvalue weighted by Crippen LogP contribution is 2.34. The van der Waals surface area contributed by atoms with Crippen molar-refractivity contribution in [2.45, 2.75) is 32.6 Å². The first-order chi connectivity index (χ1) is 13.2. The molecule has 1 unspecified atom stereocenters. The van der Waals surface area contributed by atoms with E-state index in [0.29, 0.717) is 11.4 Å². The van der Waals surface area contributed by atoms with Crippen molar-refractivity contribution >= 4 is 21.6 Å². The van der Waals surface area contributed by atoms with Crippen LogP contribution in [0.3, 0.4) is 0 Å². The van der Waals surface area contributed by atoms with Crippen LogP contribution >= 0.6 is 0 Å². The Bertz CT molecular complexity index is 959. The second kappa shape index (κ2) is 8.10. The van der Waals surface area contributed by atoms with Crippen molar-refractivity contribution in [3.05, 3.63) is 54.1 Å². The minimum atomic E-state index is -3.53. The molecule has 0 saturated heterocycles. The number of fused-ring (bicyclic) bond motifs is 1. The highest BCUT2D eigenvalue weighted by atomic mass is 32.2. The number of hydrogen-bond acceptors (Lipinski definition) is 5. The molecule has 0 bridgehead atoms. The molecule has 1 heterocycles. The van der Waals surface area contributed by atoms with Crippen LogP contribution in [-0.4, -0.2) is 39.3 Å². The molecule has 3 rings (SSSR count). The smallest absolute Gasteiger partial charge is 0.263 e. The summed E-state index contributed by atoms with van der Waals surface area (Å²) in [5.74, 6) is 0.720. The van der Waals surface area contributed by atoms with Crippen molar-refractivity contribution < 1.29 is 22.7 Å². The molecule has 0 fully saturated rings. The van der Waals surface area contributed by atoms with Crippen molar-refractivity contribution in [2.75, 3.05) is 17.1 Å². The molecule has 2 aromatic carbocycles.